The Balaban J connectivity index is 1.67. The molecule has 1 aliphatic heterocycles. The lowest BCUT2D eigenvalue weighted by molar-refractivity contribution is 0.245. The van der Waals surface area contributed by atoms with Gasteiger partial charge in [0.25, 0.3) is 0 Å². The molecule has 1 saturated heterocycles. The molecule has 3 rings (SSSR count). The molecule has 0 bridgehead atoms. The Hall–Kier alpha value is -1.13. The minimum atomic E-state index is -0.0766. The van der Waals surface area contributed by atoms with Crippen LogP contribution in [0.15, 0.2) is 12.1 Å². The van der Waals surface area contributed by atoms with Gasteiger partial charge < -0.3 is 15.4 Å². The molecule has 1 heterocycles. The van der Waals surface area contributed by atoms with Crippen molar-refractivity contribution in [1.29, 1.82) is 0 Å². The molecule has 18 heavy (non-hydrogen) atoms. The van der Waals surface area contributed by atoms with Gasteiger partial charge in [0.15, 0.2) is 0 Å². The van der Waals surface area contributed by atoms with Gasteiger partial charge in [-0.2, -0.15) is 0 Å². The fourth-order valence-corrected chi connectivity index (χ4v) is 2.79. The summed E-state index contributed by atoms with van der Waals surface area (Å²) >= 11 is 0. The zero-order valence-electron chi connectivity index (χ0n) is 10.5. The average molecular weight is 250 g/mol. The molecule has 0 radical (unpaired) electrons. The lowest BCUT2D eigenvalue weighted by Gasteiger charge is -2.25. The Bertz CT molecular complexity index is 430. The van der Waals surface area contributed by atoms with E-state index >= 15 is 0 Å². The monoisotopic (exact) mass is 250 g/mol. The summed E-state index contributed by atoms with van der Waals surface area (Å²) in [6.45, 7) is 3.58. The minimum absolute atomic E-state index is 0.0766. The molecule has 4 heteroatoms. The smallest absolute Gasteiger partial charge is 0.126 e. The van der Waals surface area contributed by atoms with Crippen molar-refractivity contribution in [3.63, 3.8) is 0 Å². The molecule has 98 valence electrons. The second-order valence-corrected chi connectivity index (χ2v) is 5.02. The first-order valence-corrected chi connectivity index (χ1v) is 6.72. The van der Waals surface area contributed by atoms with Crippen LogP contribution in [0.2, 0.25) is 0 Å². The van der Waals surface area contributed by atoms with Crippen LogP contribution >= 0.6 is 0 Å². The summed E-state index contributed by atoms with van der Waals surface area (Å²) in [6, 6.07) is 3.66. The molecular formula is C14H19FN2O. The number of halogens is 1. The number of nitrogens with one attached hydrogen (secondary N) is 2. The highest BCUT2D eigenvalue weighted by atomic mass is 19.1. The second-order valence-electron chi connectivity index (χ2n) is 5.02. The fraction of sp³-hybridized carbons (Fsp3) is 0.571. The number of benzene rings is 1. The number of ether oxygens (including phenoxy) is 1. The molecule has 1 aliphatic carbocycles. The van der Waals surface area contributed by atoms with Crippen molar-refractivity contribution < 1.29 is 9.13 Å². The third kappa shape index (κ3) is 2.35. The maximum Gasteiger partial charge on any atom is 0.126 e. The molecule has 0 amide bonds. The van der Waals surface area contributed by atoms with Crippen molar-refractivity contribution in [2.24, 2.45) is 0 Å². The van der Waals surface area contributed by atoms with Gasteiger partial charge in [-0.05, 0) is 37.0 Å². The minimum Gasteiger partial charge on any atom is -0.492 e. The number of rotatable bonds is 3. The molecule has 0 spiro atoms. The highest BCUT2D eigenvalue weighted by Crippen LogP contribution is 2.32. The van der Waals surface area contributed by atoms with Crippen LogP contribution < -0.4 is 15.4 Å². The van der Waals surface area contributed by atoms with Crippen molar-refractivity contribution in [3.8, 4) is 5.75 Å². The lowest BCUT2D eigenvalue weighted by Crippen LogP contribution is -2.51. The number of hydrogen-bond donors (Lipinski definition) is 2. The molecule has 1 aromatic rings. The van der Waals surface area contributed by atoms with Gasteiger partial charge in [-0.3, -0.25) is 0 Å². The van der Waals surface area contributed by atoms with Gasteiger partial charge in [-0.25, -0.2) is 4.39 Å². The largest absolute Gasteiger partial charge is 0.492 e. The summed E-state index contributed by atoms with van der Waals surface area (Å²) in [5, 5.41) is 6.74. The Morgan fingerprint density at radius 1 is 1.22 bits per heavy atom. The molecule has 2 aliphatic rings. The van der Waals surface area contributed by atoms with Crippen LogP contribution in [0.1, 0.15) is 17.5 Å². The Morgan fingerprint density at radius 3 is 2.94 bits per heavy atom. The molecule has 1 unspecified atom stereocenters. The fourth-order valence-electron chi connectivity index (χ4n) is 2.79. The van der Waals surface area contributed by atoms with Crippen molar-refractivity contribution in [2.45, 2.75) is 25.3 Å². The third-order valence-electron chi connectivity index (χ3n) is 3.75. The summed E-state index contributed by atoms with van der Waals surface area (Å²) in [6.07, 6.45) is 2.83. The van der Waals surface area contributed by atoms with Gasteiger partial charge in [-0.1, -0.05) is 0 Å². The highest BCUT2D eigenvalue weighted by molar-refractivity contribution is 5.44. The third-order valence-corrected chi connectivity index (χ3v) is 3.75. The molecular weight excluding hydrogens is 231 g/mol. The van der Waals surface area contributed by atoms with E-state index in [1.54, 1.807) is 6.07 Å². The summed E-state index contributed by atoms with van der Waals surface area (Å²) in [5.74, 6) is 0.795. The maximum atomic E-state index is 13.6. The zero-order valence-corrected chi connectivity index (χ0v) is 10.5. The van der Waals surface area contributed by atoms with Crippen LogP contribution in [-0.4, -0.2) is 32.3 Å². The Labute approximate surface area is 107 Å². The average Bonchev–Trinajstić information content (AvgIpc) is 2.90. The normalized spacial score (nSPS) is 22.8. The zero-order chi connectivity index (χ0) is 12.4. The van der Waals surface area contributed by atoms with E-state index in [9.17, 15) is 4.39 Å². The molecule has 1 aromatic carbocycles. The lowest BCUT2D eigenvalue weighted by atomic mass is 10.1. The number of hydrogen-bond acceptors (Lipinski definition) is 3. The van der Waals surface area contributed by atoms with E-state index in [1.165, 1.54) is 6.07 Å². The maximum absolute atomic E-state index is 13.6. The van der Waals surface area contributed by atoms with Crippen LogP contribution in [0.4, 0.5) is 4.39 Å². The first kappa shape index (κ1) is 11.9. The van der Waals surface area contributed by atoms with E-state index in [4.69, 9.17) is 4.74 Å². The van der Waals surface area contributed by atoms with E-state index in [-0.39, 0.29) is 5.82 Å². The van der Waals surface area contributed by atoms with Gasteiger partial charge in [0.1, 0.15) is 18.2 Å². The number of piperazine rings is 1. The molecule has 0 saturated carbocycles. The van der Waals surface area contributed by atoms with Gasteiger partial charge in [0, 0.05) is 25.2 Å². The first-order valence-electron chi connectivity index (χ1n) is 6.72. The van der Waals surface area contributed by atoms with Crippen LogP contribution in [0.25, 0.3) is 0 Å². The summed E-state index contributed by atoms with van der Waals surface area (Å²) in [4.78, 5) is 0. The van der Waals surface area contributed by atoms with Crippen LogP contribution in [0.5, 0.6) is 5.75 Å². The predicted octanol–water partition coefficient (Wildman–Crippen LogP) is 1.25. The van der Waals surface area contributed by atoms with Crippen LogP contribution in [0.3, 0.4) is 0 Å². The van der Waals surface area contributed by atoms with Crippen LogP contribution in [-0.2, 0) is 12.8 Å². The van der Waals surface area contributed by atoms with E-state index in [0.29, 0.717) is 12.6 Å². The van der Waals surface area contributed by atoms with Crippen molar-refractivity contribution >= 4 is 0 Å². The quantitative estimate of drug-likeness (QED) is 0.847. The predicted molar refractivity (Wildman–Crippen MR) is 68.6 cm³/mol. The second kappa shape index (κ2) is 5.24. The van der Waals surface area contributed by atoms with E-state index in [1.807, 2.05) is 0 Å². The van der Waals surface area contributed by atoms with Crippen molar-refractivity contribution in [3.05, 3.63) is 29.1 Å². The van der Waals surface area contributed by atoms with Gasteiger partial charge >= 0.3 is 0 Å². The molecule has 1 atom stereocenters. The van der Waals surface area contributed by atoms with Crippen molar-refractivity contribution in [2.75, 3.05) is 26.2 Å². The van der Waals surface area contributed by atoms with E-state index in [2.05, 4.69) is 10.6 Å². The Kier molecular flexibility index (Phi) is 3.48. The van der Waals surface area contributed by atoms with Gasteiger partial charge in [-0.15, -0.1) is 0 Å². The highest BCUT2D eigenvalue weighted by Gasteiger charge is 2.20. The molecule has 0 aromatic heterocycles. The topological polar surface area (TPSA) is 33.3 Å². The number of fused-ring (bicyclic) bond motifs is 1. The van der Waals surface area contributed by atoms with Crippen LogP contribution in [0, 0.1) is 5.82 Å². The Morgan fingerprint density at radius 2 is 2.11 bits per heavy atom. The first-order chi connectivity index (χ1) is 8.84. The van der Waals surface area contributed by atoms with Gasteiger partial charge in [0.05, 0.1) is 6.04 Å². The van der Waals surface area contributed by atoms with E-state index in [0.717, 1.165) is 55.8 Å². The van der Waals surface area contributed by atoms with Crippen molar-refractivity contribution in [1.82, 2.24) is 10.6 Å². The van der Waals surface area contributed by atoms with Gasteiger partial charge in [0.2, 0.25) is 0 Å². The molecule has 2 N–H and O–H groups in total. The summed E-state index contributed by atoms with van der Waals surface area (Å²) in [5.41, 5.74) is 1.95. The molecule has 3 nitrogen and oxygen atoms in total. The van der Waals surface area contributed by atoms with E-state index < -0.39 is 0 Å². The standard InChI is InChI=1S/C14H19FN2O/c15-13-4-5-14(12-3-1-2-11(12)13)18-9-10-8-16-6-7-17-10/h4-5,10,16-17H,1-3,6-9H2. The molecule has 1 fully saturated rings. The summed E-state index contributed by atoms with van der Waals surface area (Å²) in [7, 11) is 0. The summed E-state index contributed by atoms with van der Waals surface area (Å²) < 4.78 is 19.5. The SMILES string of the molecule is Fc1ccc(OCC2CNCCN2)c2c1CCC2.